The zero-order chi connectivity index (χ0) is 25.5. The van der Waals surface area contributed by atoms with E-state index in [1.165, 1.54) is 0 Å². The summed E-state index contributed by atoms with van der Waals surface area (Å²) in [6.07, 6.45) is 5.76. The minimum Gasteiger partial charge on any atom is -0.478 e. The van der Waals surface area contributed by atoms with Gasteiger partial charge in [0.15, 0.2) is 0 Å². The van der Waals surface area contributed by atoms with Crippen LogP contribution < -0.4 is 0 Å². The lowest BCUT2D eigenvalue weighted by atomic mass is 10.0. The number of H-pyrrole nitrogens is 1. The Morgan fingerprint density at radius 1 is 1.14 bits per heavy atom. The fourth-order valence-corrected chi connectivity index (χ4v) is 5.77. The number of fused-ring (bicyclic) bond motifs is 1. The summed E-state index contributed by atoms with van der Waals surface area (Å²) in [6, 6.07) is 11.4. The molecule has 0 unspecified atom stereocenters. The van der Waals surface area contributed by atoms with E-state index in [-0.39, 0.29) is 6.10 Å². The highest BCUT2D eigenvalue weighted by Gasteiger charge is 2.34. The standard InChI is InChI=1S/C28H27Cl2N3O4/c29-22-2-1-3-23(30)25(22)26-21(27(37-32-26)17-5-6-17)15-36-18-8-10-33(11-9-18)14-16-4-7-19-20(28(34)35)13-31-24(19)12-16/h1-4,7,12-13,17-18,31H,5-6,8-11,14-15H2,(H,34,35). The van der Waals surface area contributed by atoms with Crippen LogP contribution in [0.4, 0.5) is 0 Å². The van der Waals surface area contributed by atoms with Gasteiger partial charge < -0.3 is 19.4 Å². The molecule has 2 fully saturated rings. The highest BCUT2D eigenvalue weighted by molar-refractivity contribution is 6.39. The van der Waals surface area contributed by atoms with Gasteiger partial charge in [-0.05, 0) is 49.4 Å². The van der Waals surface area contributed by atoms with Crippen molar-refractivity contribution in [3.63, 3.8) is 0 Å². The SMILES string of the molecule is O=C(O)c1c[nH]c2cc(CN3CCC(OCc4c(-c5c(Cl)cccc5Cl)noc4C4CC4)CC3)ccc12. The maximum Gasteiger partial charge on any atom is 0.337 e. The molecule has 37 heavy (non-hydrogen) atoms. The van der Waals surface area contributed by atoms with Crippen molar-refractivity contribution in [1.82, 2.24) is 15.0 Å². The summed E-state index contributed by atoms with van der Waals surface area (Å²) >= 11 is 13.0. The number of aromatic amines is 1. The fraction of sp³-hybridized carbons (Fsp3) is 0.357. The largest absolute Gasteiger partial charge is 0.478 e. The van der Waals surface area contributed by atoms with Gasteiger partial charge in [-0.15, -0.1) is 0 Å². The lowest BCUT2D eigenvalue weighted by Gasteiger charge is -2.32. The van der Waals surface area contributed by atoms with Crippen LogP contribution in [0.1, 0.15) is 58.8 Å². The number of aromatic carboxylic acids is 1. The van der Waals surface area contributed by atoms with E-state index in [9.17, 15) is 9.90 Å². The van der Waals surface area contributed by atoms with Gasteiger partial charge in [-0.3, -0.25) is 4.90 Å². The summed E-state index contributed by atoms with van der Waals surface area (Å²) in [6.45, 7) is 3.09. The van der Waals surface area contributed by atoms with Crippen LogP contribution in [0.2, 0.25) is 10.0 Å². The zero-order valence-corrected chi connectivity index (χ0v) is 21.7. The Balaban J connectivity index is 1.09. The summed E-state index contributed by atoms with van der Waals surface area (Å²) in [5.74, 6) is 0.374. The second-order valence-electron chi connectivity index (χ2n) is 9.92. The molecule has 6 rings (SSSR count). The van der Waals surface area contributed by atoms with Gasteiger partial charge >= 0.3 is 5.97 Å². The average Bonchev–Trinajstić information content (AvgIpc) is 3.50. The number of hydrogen-bond donors (Lipinski definition) is 2. The van der Waals surface area contributed by atoms with Crippen molar-refractivity contribution in [3.8, 4) is 11.3 Å². The molecule has 0 atom stereocenters. The number of carbonyl (C=O) groups is 1. The molecule has 2 aromatic heterocycles. The van der Waals surface area contributed by atoms with Gasteiger partial charge in [0.25, 0.3) is 0 Å². The smallest absolute Gasteiger partial charge is 0.337 e. The van der Waals surface area contributed by atoms with E-state index >= 15 is 0 Å². The summed E-state index contributed by atoms with van der Waals surface area (Å²) in [4.78, 5) is 16.8. The number of carboxylic acid groups (broad SMARTS) is 1. The fourth-order valence-electron chi connectivity index (χ4n) is 5.19. The second-order valence-corrected chi connectivity index (χ2v) is 10.7. The maximum absolute atomic E-state index is 11.4. The number of hydrogen-bond acceptors (Lipinski definition) is 5. The first-order chi connectivity index (χ1) is 18.0. The second kappa shape index (κ2) is 10.1. The van der Waals surface area contributed by atoms with Crippen LogP contribution >= 0.6 is 23.2 Å². The molecule has 0 spiro atoms. The Hall–Kier alpha value is -2.84. The Morgan fingerprint density at radius 3 is 2.59 bits per heavy atom. The molecule has 0 amide bonds. The zero-order valence-electron chi connectivity index (χ0n) is 20.2. The minimum absolute atomic E-state index is 0.150. The number of nitrogens with zero attached hydrogens (tertiary/aromatic N) is 2. The molecule has 1 aliphatic carbocycles. The third kappa shape index (κ3) is 5.01. The number of carboxylic acids is 1. The maximum atomic E-state index is 11.4. The molecule has 9 heteroatoms. The summed E-state index contributed by atoms with van der Waals surface area (Å²) in [5.41, 5.74) is 4.65. The number of halogens is 2. The molecule has 2 aromatic carbocycles. The van der Waals surface area contributed by atoms with Crippen molar-refractivity contribution in [2.75, 3.05) is 13.1 Å². The first-order valence-corrected chi connectivity index (χ1v) is 13.3. The molecule has 192 valence electrons. The van der Waals surface area contributed by atoms with Crippen molar-refractivity contribution in [2.45, 2.75) is 50.9 Å². The topological polar surface area (TPSA) is 91.6 Å². The molecular weight excluding hydrogens is 513 g/mol. The summed E-state index contributed by atoms with van der Waals surface area (Å²) < 4.78 is 12.2. The van der Waals surface area contributed by atoms with Gasteiger partial charge in [0, 0.05) is 53.8 Å². The highest BCUT2D eigenvalue weighted by atomic mass is 35.5. The van der Waals surface area contributed by atoms with E-state index < -0.39 is 5.97 Å². The molecule has 1 saturated carbocycles. The Morgan fingerprint density at radius 2 is 1.89 bits per heavy atom. The molecule has 1 aliphatic heterocycles. The Labute approximate surface area is 224 Å². The Bertz CT molecular complexity index is 1430. The number of aromatic nitrogens is 2. The van der Waals surface area contributed by atoms with E-state index in [0.29, 0.717) is 39.4 Å². The van der Waals surface area contributed by atoms with Crippen LogP contribution in [-0.4, -0.2) is 45.3 Å². The number of nitrogens with one attached hydrogen (secondary N) is 1. The third-order valence-electron chi connectivity index (χ3n) is 7.35. The number of piperidine rings is 1. The third-order valence-corrected chi connectivity index (χ3v) is 7.98. The summed E-state index contributed by atoms with van der Waals surface area (Å²) in [7, 11) is 0. The van der Waals surface area contributed by atoms with Gasteiger partial charge in [-0.25, -0.2) is 4.79 Å². The predicted molar refractivity (Wildman–Crippen MR) is 142 cm³/mol. The molecule has 0 radical (unpaired) electrons. The van der Waals surface area contributed by atoms with Gasteiger partial charge in [-0.2, -0.15) is 0 Å². The number of rotatable bonds is 8. The molecule has 2 aliphatic rings. The van der Waals surface area contributed by atoms with Crippen molar-refractivity contribution >= 4 is 40.1 Å². The van der Waals surface area contributed by atoms with Crippen molar-refractivity contribution < 1.29 is 19.2 Å². The number of likely N-dealkylation sites (tertiary alicyclic amines) is 1. The number of ether oxygens (including phenoxy) is 1. The molecule has 7 nitrogen and oxygen atoms in total. The van der Waals surface area contributed by atoms with Crippen LogP contribution in [0.15, 0.2) is 47.1 Å². The van der Waals surface area contributed by atoms with Crippen molar-refractivity contribution in [3.05, 3.63) is 75.1 Å². The molecule has 0 bridgehead atoms. The predicted octanol–water partition coefficient (Wildman–Crippen LogP) is 6.89. The first kappa shape index (κ1) is 24.5. The lowest BCUT2D eigenvalue weighted by Crippen LogP contribution is -2.36. The van der Waals surface area contributed by atoms with E-state index in [2.05, 4.69) is 15.0 Å². The van der Waals surface area contributed by atoms with Crippen LogP contribution in [0.25, 0.3) is 22.2 Å². The van der Waals surface area contributed by atoms with Crippen LogP contribution in [0.5, 0.6) is 0 Å². The van der Waals surface area contributed by atoms with E-state index in [0.717, 1.165) is 73.1 Å². The average molecular weight is 540 g/mol. The molecular formula is C28H27Cl2N3O4. The van der Waals surface area contributed by atoms with Crippen LogP contribution in [-0.2, 0) is 17.9 Å². The van der Waals surface area contributed by atoms with E-state index in [1.54, 1.807) is 6.20 Å². The van der Waals surface area contributed by atoms with Crippen molar-refractivity contribution in [1.29, 1.82) is 0 Å². The molecule has 2 N–H and O–H groups in total. The van der Waals surface area contributed by atoms with Crippen LogP contribution in [0.3, 0.4) is 0 Å². The Kier molecular flexibility index (Phi) is 6.71. The first-order valence-electron chi connectivity index (χ1n) is 12.6. The van der Waals surface area contributed by atoms with Gasteiger partial charge in [0.1, 0.15) is 11.5 Å². The van der Waals surface area contributed by atoms with Gasteiger partial charge in [0.05, 0.1) is 28.3 Å². The molecule has 4 aromatic rings. The minimum atomic E-state index is -0.918. The van der Waals surface area contributed by atoms with E-state index in [1.807, 2.05) is 36.4 Å². The lowest BCUT2D eigenvalue weighted by molar-refractivity contribution is -0.00428. The number of benzene rings is 2. The quantitative estimate of drug-likeness (QED) is 0.253. The summed E-state index contributed by atoms with van der Waals surface area (Å²) in [5, 5.41) is 15.5. The van der Waals surface area contributed by atoms with E-state index in [4.69, 9.17) is 32.5 Å². The van der Waals surface area contributed by atoms with Gasteiger partial charge in [0.2, 0.25) is 0 Å². The normalized spacial score (nSPS) is 17.0. The van der Waals surface area contributed by atoms with Crippen molar-refractivity contribution in [2.24, 2.45) is 0 Å². The molecule has 1 saturated heterocycles. The molecule has 3 heterocycles. The monoisotopic (exact) mass is 539 g/mol. The highest BCUT2D eigenvalue weighted by Crippen LogP contribution is 2.46. The van der Waals surface area contributed by atoms with Crippen LogP contribution in [0, 0.1) is 0 Å². The van der Waals surface area contributed by atoms with Gasteiger partial charge in [-0.1, -0.05) is 46.6 Å².